The Morgan fingerprint density at radius 2 is 1.43 bits per heavy atom. The quantitative estimate of drug-likeness (QED) is 0.377. The third-order valence-corrected chi connectivity index (χ3v) is 5.01. The third-order valence-electron chi connectivity index (χ3n) is 4.49. The van der Waals surface area contributed by atoms with E-state index in [2.05, 4.69) is 11.8 Å². The van der Waals surface area contributed by atoms with Crippen LogP contribution >= 0.6 is 0 Å². The Balaban J connectivity index is 2.06. The van der Waals surface area contributed by atoms with E-state index in [9.17, 15) is 8.42 Å². The van der Waals surface area contributed by atoms with Crippen LogP contribution in [0.25, 0.3) is 0 Å². The average molecular weight is 349 g/mol. The Morgan fingerprint density at radius 3 is 1.96 bits per heavy atom. The molecule has 0 bridgehead atoms. The Bertz CT molecular complexity index is 401. The fourth-order valence-corrected chi connectivity index (χ4v) is 3.68. The first-order chi connectivity index (χ1) is 10.9. The summed E-state index contributed by atoms with van der Waals surface area (Å²) in [5, 5.41) is 0. The van der Waals surface area contributed by atoms with Gasteiger partial charge in [0.05, 0.1) is 6.26 Å². The van der Waals surface area contributed by atoms with E-state index in [0.29, 0.717) is 0 Å². The predicted molar refractivity (Wildman–Crippen MR) is 95.8 cm³/mol. The van der Waals surface area contributed by atoms with Gasteiger partial charge < -0.3 is 0 Å². The van der Waals surface area contributed by atoms with Crippen LogP contribution in [0.1, 0.15) is 71.1 Å². The maximum absolute atomic E-state index is 11.3. The second-order valence-electron chi connectivity index (χ2n) is 6.83. The van der Waals surface area contributed by atoms with Crippen molar-refractivity contribution in [2.75, 3.05) is 32.9 Å². The summed E-state index contributed by atoms with van der Waals surface area (Å²) in [6.45, 7) is 4.91. The molecule has 0 amide bonds. The Kier molecular flexibility index (Phi) is 10.3. The molecule has 1 unspecified atom stereocenters. The van der Waals surface area contributed by atoms with Gasteiger partial charge in [-0.2, -0.15) is 8.42 Å². The lowest BCUT2D eigenvalue weighted by atomic mass is 10.1. The minimum Gasteiger partial charge on any atom is -0.266 e. The van der Waals surface area contributed by atoms with Crippen molar-refractivity contribution in [1.82, 2.24) is 9.80 Å². The van der Waals surface area contributed by atoms with Gasteiger partial charge in [0.1, 0.15) is 0 Å². The maximum Gasteiger partial charge on any atom is 0.267 e. The van der Waals surface area contributed by atoms with Crippen molar-refractivity contribution in [2.45, 2.75) is 77.5 Å². The molecule has 0 spiro atoms. The summed E-state index contributed by atoms with van der Waals surface area (Å²) in [7, 11) is -1.50. The molecule has 0 aliphatic carbocycles. The van der Waals surface area contributed by atoms with E-state index in [1.54, 1.807) is 0 Å². The van der Waals surface area contributed by atoms with Gasteiger partial charge in [0, 0.05) is 19.6 Å². The monoisotopic (exact) mass is 348 g/mol. The van der Waals surface area contributed by atoms with Gasteiger partial charge in [0.25, 0.3) is 10.1 Å². The van der Waals surface area contributed by atoms with E-state index in [0.717, 1.165) is 32.3 Å². The molecule has 1 atom stereocenters. The van der Waals surface area contributed by atoms with Crippen LogP contribution in [0.3, 0.4) is 0 Å². The zero-order valence-corrected chi connectivity index (χ0v) is 16.1. The molecule has 1 fully saturated rings. The molecule has 1 aliphatic rings. The van der Waals surface area contributed by atoms with Crippen LogP contribution in [0.15, 0.2) is 0 Å². The highest BCUT2D eigenvalue weighted by Crippen LogP contribution is 2.17. The molecule has 1 saturated heterocycles. The van der Waals surface area contributed by atoms with Gasteiger partial charge >= 0.3 is 0 Å². The van der Waals surface area contributed by atoms with Gasteiger partial charge in [-0.3, -0.25) is 9.80 Å². The standard InChI is InChI=1S/C17H36N2O3S/c1-4-5-6-7-8-9-10-11-12-13-14-19-16-15-18(2)17(19)22-23(3,20)21/h17H,4-16H2,1-3H3. The highest BCUT2D eigenvalue weighted by atomic mass is 32.2. The Morgan fingerprint density at radius 1 is 0.913 bits per heavy atom. The highest BCUT2D eigenvalue weighted by molar-refractivity contribution is 7.86. The van der Waals surface area contributed by atoms with E-state index < -0.39 is 16.5 Å². The smallest absolute Gasteiger partial charge is 0.266 e. The molecule has 0 N–H and O–H groups in total. The summed E-state index contributed by atoms with van der Waals surface area (Å²) in [5.41, 5.74) is 0. The first-order valence-electron chi connectivity index (χ1n) is 9.26. The zero-order chi connectivity index (χ0) is 17.1. The molecule has 5 nitrogen and oxygen atoms in total. The van der Waals surface area contributed by atoms with Gasteiger partial charge in [-0.25, -0.2) is 4.18 Å². The largest absolute Gasteiger partial charge is 0.267 e. The topological polar surface area (TPSA) is 49.9 Å². The lowest BCUT2D eigenvalue weighted by Crippen LogP contribution is -2.41. The predicted octanol–water partition coefficient (Wildman–Crippen LogP) is 3.41. The normalized spacial score (nSPS) is 20.4. The van der Waals surface area contributed by atoms with Crippen LogP contribution in [0.2, 0.25) is 0 Å². The lowest BCUT2D eigenvalue weighted by Gasteiger charge is -2.26. The lowest BCUT2D eigenvalue weighted by molar-refractivity contribution is -0.0186. The van der Waals surface area contributed by atoms with Gasteiger partial charge in [0.2, 0.25) is 0 Å². The second-order valence-corrected chi connectivity index (χ2v) is 8.43. The molecule has 23 heavy (non-hydrogen) atoms. The molecule has 0 aromatic carbocycles. The fraction of sp³-hybridized carbons (Fsp3) is 1.00. The van der Waals surface area contributed by atoms with Crippen molar-refractivity contribution in [3.8, 4) is 0 Å². The van der Waals surface area contributed by atoms with Crippen LogP contribution < -0.4 is 0 Å². The summed E-state index contributed by atoms with van der Waals surface area (Å²) in [6.07, 6.45) is 13.9. The van der Waals surface area contributed by atoms with Gasteiger partial charge in [-0.1, -0.05) is 64.7 Å². The fourth-order valence-electron chi connectivity index (χ4n) is 3.10. The molecule has 1 aliphatic heterocycles. The first-order valence-corrected chi connectivity index (χ1v) is 11.1. The third kappa shape index (κ3) is 9.65. The highest BCUT2D eigenvalue weighted by Gasteiger charge is 2.32. The van der Waals surface area contributed by atoms with E-state index in [4.69, 9.17) is 4.18 Å². The number of nitrogens with zero attached hydrogens (tertiary/aromatic N) is 2. The molecule has 0 saturated carbocycles. The summed E-state index contributed by atoms with van der Waals surface area (Å²) in [5.74, 6) is 0. The van der Waals surface area contributed by atoms with Gasteiger partial charge in [0.15, 0.2) is 6.35 Å². The number of hydrogen-bond acceptors (Lipinski definition) is 5. The Labute approximate surface area is 143 Å². The molecular weight excluding hydrogens is 312 g/mol. The second kappa shape index (κ2) is 11.4. The SMILES string of the molecule is CCCCCCCCCCCCN1CCN(C)C1OS(C)(=O)=O. The minimum atomic E-state index is -3.41. The van der Waals surface area contributed by atoms with E-state index in [1.165, 1.54) is 57.8 Å². The number of rotatable bonds is 13. The van der Waals surface area contributed by atoms with Crippen LogP contribution in [0, 0.1) is 0 Å². The summed E-state index contributed by atoms with van der Waals surface area (Å²) < 4.78 is 27.9. The van der Waals surface area contributed by atoms with Gasteiger partial charge in [-0.15, -0.1) is 0 Å². The summed E-state index contributed by atoms with van der Waals surface area (Å²) >= 11 is 0. The van der Waals surface area contributed by atoms with E-state index >= 15 is 0 Å². The van der Waals surface area contributed by atoms with Crippen LogP contribution in [0.5, 0.6) is 0 Å². The molecule has 0 radical (unpaired) electrons. The minimum absolute atomic E-state index is 0.413. The molecule has 1 rings (SSSR count). The summed E-state index contributed by atoms with van der Waals surface area (Å²) in [4.78, 5) is 4.09. The van der Waals surface area contributed by atoms with Crippen molar-refractivity contribution in [3.05, 3.63) is 0 Å². The number of unbranched alkanes of at least 4 members (excludes halogenated alkanes) is 9. The van der Waals surface area contributed by atoms with E-state index in [1.807, 2.05) is 11.9 Å². The van der Waals surface area contributed by atoms with Crippen molar-refractivity contribution >= 4 is 10.1 Å². The zero-order valence-electron chi connectivity index (χ0n) is 15.3. The summed E-state index contributed by atoms with van der Waals surface area (Å²) in [6, 6.07) is 0. The first kappa shape index (κ1) is 20.9. The molecule has 0 aromatic rings. The molecule has 138 valence electrons. The molecule has 1 heterocycles. The Hall–Kier alpha value is -0.170. The molecule has 0 aromatic heterocycles. The van der Waals surface area contributed by atoms with E-state index in [-0.39, 0.29) is 0 Å². The van der Waals surface area contributed by atoms with Crippen LogP contribution in [-0.4, -0.2) is 57.5 Å². The molecule has 6 heteroatoms. The van der Waals surface area contributed by atoms with Crippen molar-refractivity contribution < 1.29 is 12.6 Å². The number of hydrogen-bond donors (Lipinski definition) is 0. The average Bonchev–Trinajstić information content (AvgIpc) is 2.80. The van der Waals surface area contributed by atoms with Crippen LogP contribution in [-0.2, 0) is 14.3 Å². The van der Waals surface area contributed by atoms with Crippen molar-refractivity contribution in [3.63, 3.8) is 0 Å². The molecular formula is C17H36N2O3S. The maximum atomic E-state index is 11.3. The number of likely N-dealkylation sites (N-methyl/N-ethyl adjacent to an activating group) is 1. The van der Waals surface area contributed by atoms with Crippen LogP contribution in [0.4, 0.5) is 0 Å². The van der Waals surface area contributed by atoms with Crippen molar-refractivity contribution in [1.29, 1.82) is 0 Å². The van der Waals surface area contributed by atoms with Crippen molar-refractivity contribution in [2.24, 2.45) is 0 Å². The van der Waals surface area contributed by atoms with Gasteiger partial charge in [-0.05, 0) is 13.5 Å².